The lowest BCUT2D eigenvalue weighted by molar-refractivity contribution is -0.124. The first-order valence-electron chi connectivity index (χ1n) is 9.96. The van der Waals surface area contributed by atoms with Crippen molar-refractivity contribution in [1.82, 2.24) is 20.1 Å². The van der Waals surface area contributed by atoms with Crippen molar-refractivity contribution in [3.63, 3.8) is 0 Å². The molecule has 3 aliphatic rings. The second-order valence-electron chi connectivity index (χ2n) is 8.35. The molecular formula is C21H26N4O. The van der Waals surface area contributed by atoms with Gasteiger partial charge in [0.1, 0.15) is 11.6 Å². The van der Waals surface area contributed by atoms with E-state index in [-0.39, 0.29) is 17.4 Å². The molecule has 136 valence electrons. The van der Waals surface area contributed by atoms with E-state index in [4.69, 9.17) is 0 Å². The van der Waals surface area contributed by atoms with Gasteiger partial charge in [-0.25, -0.2) is 0 Å². The summed E-state index contributed by atoms with van der Waals surface area (Å²) in [7, 11) is 0. The minimum Gasteiger partial charge on any atom is -0.353 e. The molecule has 2 saturated carbocycles. The van der Waals surface area contributed by atoms with Gasteiger partial charge in [-0.3, -0.25) is 4.79 Å². The molecule has 0 radical (unpaired) electrons. The summed E-state index contributed by atoms with van der Waals surface area (Å²) in [5.74, 6) is 3.11. The first kappa shape index (κ1) is 16.0. The number of hydrogen-bond donors (Lipinski definition) is 1. The van der Waals surface area contributed by atoms with Crippen molar-refractivity contribution in [2.75, 3.05) is 0 Å². The van der Waals surface area contributed by atoms with Crippen LogP contribution in [0.2, 0.25) is 0 Å². The molecule has 1 aliphatic heterocycles. The van der Waals surface area contributed by atoms with Crippen LogP contribution >= 0.6 is 0 Å². The van der Waals surface area contributed by atoms with Crippen LogP contribution < -0.4 is 5.32 Å². The molecule has 1 aromatic heterocycles. The summed E-state index contributed by atoms with van der Waals surface area (Å²) in [6.45, 7) is 3.01. The predicted octanol–water partition coefficient (Wildman–Crippen LogP) is 3.02. The standard InChI is InChI=1S/C21H26N4O/c1-14-2-6-16(7-3-14)21(11-12-21)20(26)22-17-8-9-18-23-24-19(15-4-5-15)25(18)13-10-17/h2-3,6-7,15,17H,4-5,8-13H2,1H3,(H,22,26). The average Bonchev–Trinajstić information content (AvgIpc) is 3.55. The van der Waals surface area contributed by atoms with Gasteiger partial charge >= 0.3 is 0 Å². The van der Waals surface area contributed by atoms with E-state index in [9.17, 15) is 4.79 Å². The van der Waals surface area contributed by atoms with Crippen molar-refractivity contribution >= 4 is 5.91 Å². The highest BCUT2D eigenvalue weighted by molar-refractivity contribution is 5.91. The van der Waals surface area contributed by atoms with Gasteiger partial charge in [0.2, 0.25) is 5.91 Å². The fourth-order valence-electron chi connectivity index (χ4n) is 4.27. The Morgan fingerprint density at radius 3 is 2.58 bits per heavy atom. The molecule has 2 aromatic rings. The number of nitrogens with one attached hydrogen (secondary N) is 1. The second kappa shape index (κ2) is 5.93. The van der Waals surface area contributed by atoms with Crippen LogP contribution in [0, 0.1) is 6.92 Å². The van der Waals surface area contributed by atoms with E-state index in [2.05, 4.69) is 51.3 Å². The van der Waals surface area contributed by atoms with Crippen LogP contribution in [-0.2, 0) is 23.2 Å². The maximum Gasteiger partial charge on any atom is 0.230 e. The number of aryl methyl sites for hydroxylation is 2. The van der Waals surface area contributed by atoms with Crippen LogP contribution in [0.25, 0.3) is 0 Å². The zero-order valence-corrected chi connectivity index (χ0v) is 15.4. The molecule has 1 atom stereocenters. The number of nitrogens with zero attached hydrogens (tertiary/aromatic N) is 3. The highest BCUT2D eigenvalue weighted by atomic mass is 16.2. The van der Waals surface area contributed by atoms with E-state index in [0.717, 1.165) is 44.5 Å². The van der Waals surface area contributed by atoms with E-state index in [1.807, 2.05) is 0 Å². The minimum atomic E-state index is -0.283. The number of benzene rings is 1. The van der Waals surface area contributed by atoms with Crippen LogP contribution in [0.3, 0.4) is 0 Å². The summed E-state index contributed by atoms with van der Waals surface area (Å²) < 4.78 is 2.32. The van der Waals surface area contributed by atoms with Gasteiger partial charge < -0.3 is 9.88 Å². The van der Waals surface area contributed by atoms with Crippen molar-refractivity contribution < 1.29 is 4.79 Å². The Labute approximate surface area is 154 Å². The molecule has 26 heavy (non-hydrogen) atoms. The minimum absolute atomic E-state index is 0.214. The van der Waals surface area contributed by atoms with E-state index >= 15 is 0 Å². The van der Waals surface area contributed by atoms with Crippen molar-refractivity contribution in [2.45, 2.75) is 75.8 Å². The molecule has 0 saturated heterocycles. The molecule has 5 nitrogen and oxygen atoms in total. The van der Waals surface area contributed by atoms with Gasteiger partial charge in [0, 0.05) is 24.9 Å². The summed E-state index contributed by atoms with van der Waals surface area (Å²) in [5.41, 5.74) is 2.12. The molecular weight excluding hydrogens is 324 g/mol. The number of rotatable bonds is 4. The third-order valence-electron chi connectivity index (χ3n) is 6.34. The molecule has 5 rings (SSSR count). The van der Waals surface area contributed by atoms with E-state index in [1.54, 1.807) is 0 Å². The summed E-state index contributed by atoms with van der Waals surface area (Å²) >= 11 is 0. The van der Waals surface area contributed by atoms with Crippen LogP contribution in [-0.4, -0.2) is 26.7 Å². The van der Waals surface area contributed by atoms with Crippen LogP contribution in [0.4, 0.5) is 0 Å². The quantitative estimate of drug-likeness (QED) is 0.922. The number of carbonyl (C=O) groups is 1. The monoisotopic (exact) mass is 350 g/mol. The van der Waals surface area contributed by atoms with Gasteiger partial charge in [-0.1, -0.05) is 29.8 Å². The van der Waals surface area contributed by atoms with Gasteiger partial charge in [-0.15, -0.1) is 10.2 Å². The van der Waals surface area contributed by atoms with Gasteiger partial charge in [0.25, 0.3) is 0 Å². The maximum absolute atomic E-state index is 13.0. The molecule has 2 heterocycles. The molecule has 1 unspecified atom stereocenters. The fraction of sp³-hybridized carbons (Fsp3) is 0.571. The Balaban J connectivity index is 1.27. The third-order valence-corrected chi connectivity index (χ3v) is 6.34. The van der Waals surface area contributed by atoms with E-state index in [0.29, 0.717) is 5.92 Å². The average molecular weight is 350 g/mol. The third kappa shape index (κ3) is 2.74. The van der Waals surface area contributed by atoms with Gasteiger partial charge in [0.15, 0.2) is 0 Å². The topological polar surface area (TPSA) is 59.8 Å². The first-order valence-corrected chi connectivity index (χ1v) is 9.96. The van der Waals surface area contributed by atoms with E-state index < -0.39 is 0 Å². The summed E-state index contributed by atoms with van der Waals surface area (Å²) in [6.07, 6.45) is 7.26. The molecule has 1 amide bonds. The zero-order chi connectivity index (χ0) is 17.7. The Hall–Kier alpha value is -2.17. The Kier molecular flexibility index (Phi) is 3.66. The Morgan fingerprint density at radius 2 is 1.88 bits per heavy atom. The maximum atomic E-state index is 13.0. The molecule has 0 spiro atoms. The van der Waals surface area contributed by atoms with Crippen molar-refractivity contribution in [3.05, 3.63) is 47.0 Å². The molecule has 1 N–H and O–H groups in total. The summed E-state index contributed by atoms with van der Waals surface area (Å²) in [6, 6.07) is 8.70. The smallest absolute Gasteiger partial charge is 0.230 e. The van der Waals surface area contributed by atoms with Crippen molar-refractivity contribution in [2.24, 2.45) is 0 Å². The largest absolute Gasteiger partial charge is 0.353 e. The highest BCUT2D eigenvalue weighted by Gasteiger charge is 2.51. The van der Waals surface area contributed by atoms with E-state index in [1.165, 1.54) is 29.8 Å². The van der Waals surface area contributed by atoms with Gasteiger partial charge in [-0.2, -0.15) is 0 Å². The predicted molar refractivity (Wildman–Crippen MR) is 99.0 cm³/mol. The Morgan fingerprint density at radius 1 is 1.12 bits per heavy atom. The lowest BCUT2D eigenvalue weighted by Gasteiger charge is -2.21. The van der Waals surface area contributed by atoms with Crippen molar-refractivity contribution in [1.29, 1.82) is 0 Å². The molecule has 2 fully saturated rings. The highest BCUT2D eigenvalue weighted by Crippen LogP contribution is 2.48. The van der Waals surface area contributed by atoms with Crippen LogP contribution in [0.5, 0.6) is 0 Å². The number of hydrogen-bond acceptors (Lipinski definition) is 3. The van der Waals surface area contributed by atoms with Crippen LogP contribution in [0.1, 0.15) is 67.2 Å². The SMILES string of the molecule is Cc1ccc(C2(C(=O)NC3CCc4nnc(C5CC5)n4CC3)CC2)cc1. The number of amides is 1. The molecule has 0 bridgehead atoms. The first-order chi connectivity index (χ1) is 12.7. The van der Waals surface area contributed by atoms with Gasteiger partial charge in [-0.05, 0) is 51.0 Å². The number of fused-ring (bicyclic) bond motifs is 1. The zero-order valence-electron chi connectivity index (χ0n) is 15.4. The summed E-state index contributed by atoms with van der Waals surface area (Å²) in [4.78, 5) is 13.0. The molecule has 5 heteroatoms. The molecule has 1 aromatic carbocycles. The van der Waals surface area contributed by atoms with Crippen LogP contribution in [0.15, 0.2) is 24.3 Å². The Bertz CT molecular complexity index is 830. The number of aromatic nitrogens is 3. The molecule has 2 aliphatic carbocycles. The fourth-order valence-corrected chi connectivity index (χ4v) is 4.27. The normalized spacial score (nSPS) is 23.8. The lowest BCUT2D eigenvalue weighted by atomic mass is 9.93. The van der Waals surface area contributed by atoms with Crippen molar-refractivity contribution in [3.8, 4) is 0 Å². The van der Waals surface area contributed by atoms with Gasteiger partial charge in [0.05, 0.1) is 5.41 Å². The summed E-state index contributed by atoms with van der Waals surface area (Å²) in [5, 5.41) is 12.2. The number of carbonyl (C=O) groups excluding carboxylic acids is 1. The lowest BCUT2D eigenvalue weighted by Crippen LogP contribution is -2.41. The second-order valence-corrected chi connectivity index (χ2v) is 8.35.